The van der Waals surface area contributed by atoms with E-state index in [2.05, 4.69) is 24.3 Å². The van der Waals surface area contributed by atoms with Gasteiger partial charge in [-0.2, -0.15) is 0 Å². The van der Waals surface area contributed by atoms with Crippen molar-refractivity contribution in [3.63, 3.8) is 0 Å². The van der Waals surface area contributed by atoms with Gasteiger partial charge in [-0.25, -0.2) is 4.79 Å². The maximum Gasteiger partial charge on any atom is 0.404 e. The van der Waals surface area contributed by atoms with Crippen molar-refractivity contribution in [1.82, 2.24) is 0 Å². The molecule has 1 aliphatic rings. The largest absolute Gasteiger partial charge is 0.450 e. The van der Waals surface area contributed by atoms with Gasteiger partial charge < -0.3 is 10.5 Å². The topological polar surface area (TPSA) is 52.3 Å². The van der Waals surface area contributed by atoms with Crippen LogP contribution in [0.4, 0.5) is 4.79 Å². The van der Waals surface area contributed by atoms with Crippen molar-refractivity contribution in [2.24, 2.45) is 5.73 Å². The summed E-state index contributed by atoms with van der Waals surface area (Å²) in [5.41, 5.74) is 7.70. The van der Waals surface area contributed by atoms with Crippen molar-refractivity contribution in [1.29, 1.82) is 0 Å². The SMILES string of the molecule is NC(=O)OCCCc1ccc(C2CCCCC2)cc1. The molecule has 1 amide bonds. The normalized spacial score (nSPS) is 16.2. The molecular formula is C16H23NO2. The molecule has 1 fully saturated rings. The molecule has 104 valence electrons. The molecule has 2 rings (SSSR count). The molecule has 2 N–H and O–H groups in total. The first-order chi connectivity index (χ1) is 9.25. The lowest BCUT2D eigenvalue weighted by atomic mass is 9.84. The van der Waals surface area contributed by atoms with Gasteiger partial charge in [0.15, 0.2) is 0 Å². The van der Waals surface area contributed by atoms with Crippen molar-refractivity contribution in [3.05, 3.63) is 35.4 Å². The van der Waals surface area contributed by atoms with E-state index in [9.17, 15) is 4.79 Å². The van der Waals surface area contributed by atoms with Gasteiger partial charge >= 0.3 is 6.09 Å². The molecule has 0 aliphatic heterocycles. The third kappa shape index (κ3) is 4.58. The molecule has 3 heteroatoms. The number of aryl methyl sites for hydroxylation is 1. The summed E-state index contributed by atoms with van der Waals surface area (Å²) in [6, 6.07) is 8.93. The van der Waals surface area contributed by atoms with E-state index in [0.29, 0.717) is 6.61 Å². The van der Waals surface area contributed by atoms with Crippen molar-refractivity contribution in [2.45, 2.75) is 50.9 Å². The third-order valence-corrected chi connectivity index (χ3v) is 3.91. The molecule has 0 radical (unpaired) electrons. The Balaban J connectivity index is 1.79. The Bertz CT molecular complexity index is 394. The highest BCUT2D eigenvalue weighted by atomic mass is 16.5. The summed E-state index contributed by atoms with van der Waals surface area (Å²) in [5.74, 6) is 0.765. The molecule has 1 saturated carbocycles. The highest BCUT2D eigenvalue weighted by molar-refractivity contribution is 5.64. The number of carbonyl (C=O) groups excluding carboxylic acids is 1. The fraction of sp³-hybridized carbons (Fsp3) is 0.562. The van der Waals surface area contributed by atoms with Crippen LogP contribution < -0.4 is 5.73 Å². The smallest absolute Gasteiger partial charge is 0.404 e. The number of rotatable bonds is 5. The Hall–Kier alpha value is -1.51. The molecule has 0 saturated heterocycles. The van der Waals surface area contributed by atoms with E-state index in [1.807, 2.05) is 0 Å². The molecule has 0 heterocycles. The number of hydrogen-bond donors (Lipinski definition) is 1. The summed E-state index contributed by atoms with van der Waals surface area (Å²) in [5, 5.41) is 0. The highest BCUT2D eigenvalue weighted by Crippen LogP contribution is 2.32. The lowest BCUT2D eigenvalue weighted by molar-refractivity contribution is 0.155. The first-order valence-corrected chi connectivity index (χ1v) is 7.27. The van der Waals surface area contributed by atoms with Gasteiger partial charge in [0.25, 0.3) is 0 Å². The molecule has 0 atom stereocenters. The average Bonchev–Trinajstić information content (AvgIpc) is 2.45. The first-order valence-electron chi connectivity index (χ1n) is 7.27. The van der Waals surface area contributed by atoms with Crippen molar-refractivity contribution in [3.8, 4) is 0 Å². The first kappa shape index (κ1) is 13.9. The number of ether oxygens (including phenoxy) is 1. The van der Waals surface area contributed by atoms with E-state index in [1.54, 1.807) is 0 Å². The van der Waals surface area contributed by atoms with Crippen molar-refractivity contribution < 1.29 is 9.53 Å². The van der Waals surface area contributed by atoms with Crippen molar-refractivity contribution in [2.75, 3.05) is 6.61 Å². The van der Waals surface area contributed by atoms with Crippen LogP contribution in [0.25, 0.3) is 0 Å². The number of primary amides is 1. The van der Waals surface area contributed by atoms with Gasteiger partial charge in [-0.05, 0) is 42.7 Å². The second kappa shape index (κ2) is 7.17. The summed E-state index contributed by atoms with van der Waals surface area (Å²) in [6.07, 6.45) is 7.89. The summed E-state index contributed by atoms with van der Waals surface area (Å²) in [6.45, 7) is 0.402. The number of benzene rings is 1. The molecule has 19 heavy (non-hydrogen) atoms. The van der Waals surface area contributed by atoms with E-state index in [1.165, 1.54) is 43.2 Å². The minimum Gasteiger partial charge on any atom is -0.450 e. The lowest BCUT2D eigenvalue weighted by Crippen LogP contribution is -2.13. The van der Waals surface area contributed by atoms with Crippen LogP contribution in [0.5, 0.6) is 0 Å². The molecule has 0 aromatic heterocycles. The van der Waals surface area contributed by atoms with E-state index >= 15 is 0 Å². The van der Waals surface area contributed by atoms with Gasteiger partial charge in [-0.15, -0.1) is 0 Å². The number of nitrogens with two attached hydrogens (primary N) is 1. The summed E-state index contributed by atoms with van der Waals surface area (Å²) in [7, 11) is 0. The third-order valence-electron chi connectivity index (χ3n) is 3.91. The molecule has 0 unspecified atom stereocenters. The summed E-state index contributed by atoms with van der Waals surface area (Å²) in [4.78, 5) is 10.4. The van der Waals surface area contributed by atoms with Gasteiger partial charge in [0.1, 0.15) is 0 Å². The standard InChI is InChI=1S/C16H23NO2/c17-16(18)19-12-4-5-13-8-10-15(11-9-13)14-6-2-1-3-7-14/h8-11,14H,1-7,12H2,(H2,17,18). The monoisotopic (exact) mass is 261 g/mol. The summed E-state index contributed by atoms with van der Waals surface area (Å²) >= 11 is 0. The minimum atomic E-state index is -0.687. The fourth-order valence-corrected chi connectivity index (χ4v) is 2.84. The number of hydrogen-bond acceptors (Lipinski definition) is 2. The van der Waals surface area contributed by atoms with Crippen LogP contribution in [0, 0.1) is 0 Å². The molecular weight excluding hydrogens is 238 g/mol. The molecule has 1 aromatic rings. The van der Waals surface area contributed by atoms with Crippen LogP contribution in [0.15, 0.2) is 24.3 Å². The maximum absolute atomic E-state index is 10.4. The maximum atomic E-state index is 10.4. The Kier molecular flexibility index (Phi) is 5.25. The number of carbonyl (C=O) groups is 1. The van der Waals surface area contributed by atoms with Crippen LogP contribution >= 0.6 is 0 Å². The van der Waals surface area contributed by atoms with Crippen LogP contribution in [0.1, 0.15) is 55.6 Å². The average molecular weight is 261 g/mol. The Labute approximate surface area is 115 Å². The highest BCUT2D eigenvalue weighted by Gasteiger charge is 2.14. The van der Waals surface area contributed by atoms with Gasteiger partial charge in [0.2, 0.25) is 0 Å². The number of amides is 1. The van der Waals surface area contributed by atoms with Crippen LogP contribution in [0.2, 0.25) is 0 Å². The van der Waals surface area contributed by atoms with E-state index in [0.717, 1.165) is 18.8 Å². The van der Waals surface area contributed by atoms with E-state index in [-0.39, 0.29) is 0 Å². The molecule has 0 spiro atoms. The molecule has 0 bridgehead atoms. The van der Waals surface area contributed by atoms with Gasteiger partial charge in [0, 0.05) is 0 Å². The van der Waals surface area contributed by atoms with E-state index < -0.39 is 6.09 Å². The second-order valence-corrected chi connectivity index (χ2v) is 5.35. The zero-order valence-electron chi connectivity index (χ0n) is 11.4. The lowest BCUT2D eigenvalue weighted by Gasteiger charge is -2.22. The predicted octanol–water partition coefficient (Wildman–Crippen LogP) is 3.76. The predicted molar refractivity (Wildman–Crippen MR) is 76.1 cm³/mol. The zero-order valence-corrected chi connectivity index (χ0v) is 11.4. The Morgan fingerprint density at radius 3 is 2.47 bits per heavy atom. The fourth-order valence-electron chi connectivity index (χ4n) is 2.84. The van der Waals surface area contributed by atoms with Gasteiger partial charge in [0.05, 0.1) is 6.61 Å². The second-order valence-electron chi connectivity index (χ2n) is 5.35. The minimum absolute atomic E-state index is 0.402. The molecule has 1 aromatic carbocycles. The molecule has 1 aliphatic carbocycles. The van der Waals surface area contributed by atoms with Crippen molar-refractivity contribution >= 4 is 6.09 Å². The molecule has 3 nitrogen and oxygen atoms in total. The Morgan fingerprint density at radius 2 is 1.84 bits per heavy atom. The summed E-state index contributed by atoms with van der Waals surface area (Å²) < 4.78 is 4.72. The van der Waals surface area contributed by atoms with Crippen LogP contribution in [0.3, 0.4) is 0 Å². The van der Waals surface area contributed by atoms with Gasteiger partial charge in [-0.3, -0.25) is 0 Å². The zero-order chi connectivity index (χ0) is 13.5. The Morgan fingerprint density at radius 1 is 1.16 bits per heavy atom. The van der Waals surface area contributed by atoms with E-state index in [4.69, 9.17) is 10.5 Å². The quantitative estimate of drug-likeness (QED) is 0.820. The van der Waals surface area contributed by atoms with Crippen LogP contribution in [-0.4, -0.2) is 12.7 Å². The van der Waals surface area contributed by atoms with Gasteiger partial charge in [-0.1, -0.05) is 43.5 Å². The van der Waals surface area contributed by atoms with Crippen LogP contribution in [-0.2, 0) is 11.2 Å².